The van der Waals surface area contributed by atoms with Gasteiger partial charge in [-0.15, -0.1) is 0 Å². The zero-order chi connectivity index (χ0) is 12.8. The van der Waals surface area contributed by atoms with Gasteiger partial charge in [0.1, 0.15) is 0 Å². The Kier molecular flexibility index (Phi) is 2.65. The molecule has 0 amide bonds. The van der Waals surface area contributed by atoms with E-state index in [2.05, 4.69) is 4.98 Å². The predicted molar refractivity (Wildman–Crippen MR) is 70.1 cm³/mol. The lowest BCUT2D eigenvalue weighted by Gasteiger charge is -2.22. The quantitative estimate of drug-likeness (QED) is 0.863. The minimum Gasteiger partial charge on any atom is -0.366 e. The van der Waals surface area contributed by atoms with Crippen molar-refractivity contribution in [3.8, 4) is 0 Å². The number of nitrogens with two attached hydrogens (primary N) is 1. The van der Waals surface area contributed by atoms with Crippen molar-refractivity contribution in [2.24, 2.45) is 5.14 Å². The van der Waals surface area contributed by atoms with Crippen molar-refractivity contribution in [2.45, 2.75) is 18.9 Å². The number of nitrogens with one attached hydrogen (secondary N) is 1. The van der Waals surface area contributed by atoms with Gasteiger partial charge in [-0.05, 0) is 35.2 Å². The van der Waals surface area contributed by atoms with Crippen LogP contribution in [0.4, 0.5) is 0 Å². The van der Waals surface area contributed by atoms with Crippen molar-refractivity contribution < 1.29 is 8.42 Å². The lowest BCUT2D eigenvalue weighted by atomic mass is 10.0. The van der Waals surface area contributed by atoms with E-state index in [-0.39, 0.29) is 6.04 Å². The number of nitrogens with zero attached hydrogens (tertiary/aromatic N) is 1. The third-order valence-electron chi connectivity index (χ3n) is 3.50. The second kappa shape index (κ2) is 4.08. The van der Waals surface area contributed by atoms with Crippen LogP contribution < -0.4 is 5.14 Å². The monoisotopic (exact) mass is 265 g/mol. The fourth-order valence-electron chi connectivity index (χ4n) is 2.66. The van der Waals surface area contributed by atoms with Crippen LogP contribution in [0.5, 0.6) is 0 Å². The number of H-pyrrole nitrogens is 1. The molecule has 18 heavy (non-hydrogen) atoms. The lowest BCUT2D eigenvalue weighted by molar-refractivity contribution is 0.397. The molecule has 1 unspecified atom stereocenters. The summed E-state index contributed by atoms with van der Waals surface area (Å²) in [6, 6.07) is 5.88. The molecule has 1 saturated heterocycles. The molecule has 1 aromatic heterocycles. The van der Waals surface area contributed by atoms with Gasteiger partial charge >= 0.3 is 0 Å². The van der Waals surface area contributed by atoms with Crippen LogP contribution in [0.3, 0.4) is 0 Å². The summed E-state index contributed by atoms with van der Waals surface area (Å²) < 4.78 is 24.4. The van der Waals surface area contributed by atoms with Crippen LogP contribution in [0.1, 0.15) is 24.4 Å². The van der Waals surface area contributed by atoms with Gasteiger partial charge in [0.05, 0.1) is 6.04 Å². The largest absolute Gasteiger partial charge is 0.366 e. The molecule has 0 bridgehead atoms. The Hall–Kier alpha value is -1.37. The van der Waals surface area contributed by atoms with Crippen LogP contribution in [0, 0.1) is 0 Å². The zero-order valence-electron chi connectivity index (χ0n) is 9.83. The zero-order valence-corrected chi connectivity index (χ0v) is 10.7. The van der Waals surface area contributed by atoms with Gasteiger partial charge in [-0.3, -0.25) is 0 Å². The van der Waals surface area contributed by atoms with Gasteiger partial charge in [-0.2, -0.15) is 12.7 Å². The third-order valence-corrected chi connectivity index (χ3v) is 4.59. The van der Waals surface area contributed by atoms with Crippen molar-refractivity contribution >= 4 is 21.0 Å². The van der Waals surface area contributed by atoms with Crippen molar-refractivity contribution in [3.63, 3.8) is 0 Å². The highest BCUT2D eigenvalue weighted by molar-refractivity contribution is 7.86. The number of benzene rings is 1. The molecular formula is C12H15N3O2S. The standard InChI is InChI=1S/C12H15N3O2S/c13-18(16,17)15-5-1-2-12(15)9-3-4-10-7-14-8-11(10)6-9/h3-4,6-8,12,14H,1-2,5H2,(H2,13,16,17). The molecule has 3 N–H and O–H groups in total. The summed E-state index contributed by atoms with van der Waals surface area (Å²) in [6.45, 7) is 0.509. The van der Waals surface area contributed by atoms with Crippen molar-refractivity contribution in [1.29, 1.82) is 0 Å². The Morgan fingerprint density at radius 1 is 1.28 bits per heavy atom. The predicted octanol–water partition coefficient (Wildman–Crippen LogP) is 1.51. The van der Waals surface area contributed by atoms with Crippen LogP contribution in [-0.4, -0.2) is 24.3 Å². The molecular weight excluding hydrogens is 250 g/mol. The second-order valence-corrected chi connectivity index (χ2v) is 6.16. The van der Waals surface area contributed by atoms with Crippen molar-refractivity contribution in [1.82, 2.24) is 9.29 Å². The molecule has 2 aromatic rings. The first-order valence-corrected chi connectivity index (χ1v) is 7.42. The average Bonchev–Trinajstić information content (AvgIpc) is 2.96. The van der Waals surface area contributed by atoms with E-state index in [1.54, 1.807) is 0 Å². The number of hydrogen-bond donors (Lipinski definition) is 2. The van der Waals surface area contributed by atoms with Crippen LogP contribution >= 0.6 is 0 Å². The highest BCUT2D eigenvalue weighted by atomic mass is 32.2. The molecule has 0 saturated carbocycles. The fourth-order valence-corrected chi connectivity index (χ4v) is 3.62. The van der Waals surface area contributed by atoms with Gasteiger partial charge in [0.2, 0.25) is 0 Å². The first-order valence-electron chi connectivity index (χ1n) is 5.92. The number of hydrogen-bond acceptors (Lipinski definition) is 2. The van der Waals surface area contributed by atoms with Crippen LogP contribution in [0.25, 0.3) is 10.8 Å². The van der Waals surface area contributed by atoms with E-state index >= 15 is 0 Å². The minimum atomic E-state index is -3.61. The van der Waals surface area contributed by atoms with Crippen molar-refractivity contribution in [3.05, 3.63) is 36.2 Å². The topological polar surface area (TPSA) is 79.2 Å². The summed E-state index contributed by atoms with van der Waals surface area (Å²) in [7, 11) is -3.61. The van der Waals surface area contributed by atoms with E-state index in [1.165, 1.54) is 4.31 Å². The van der Waals surface area contributed by atoms with Crippen LogP contribution in [0.2, 0.25) is 0 Å². The minimum absolute atomic E-state index is 0.126. The molecule has 96 valence electrons. The Labute approximate surface area is 106 Å². The van der Waals surface area contributed by atoms with Gasteiger partial charge < -0.3 is 4.98 Å². The van der Waals surface area contributed by atoms with E-state index in [1.807, 2.05) is 30.6 Å². The average molecular weight is 265 g/mol. The molecule has 6 heteroatoms. The Bertz CT molecular complexity index is 677. The van der Waals surface area contributed by atoms with E-state index in [0.29, 0.717) is 6.54 Å². The van der Waals surface area contributed by atoms with E-state index < -0.39 is 10.2 Å². The number of rotatable bonds is 2. The van der Waals surface area contributed by atoms with Crippen molar-refractivity contribution in [2.75, 3.05) is 6.54 Å². The van der Waals surface area contributed by atoms with E-state index in [9.17, 15) is 8.42 Å². The SMILES string of the molecule is NS(=O)(=O)N1CCCC1c1ccc2c[nH]cc2c1. The fraction of sp³-hybridized carbons (Fsp3) is 0.333. The van der Waals surface area contributed by atoms with Gasteiger partial charge in [-0.1, -0.05) is 12.1 Å². The maximum atomic E-state index is 11.5. The smallest absolute Gasteiger partial charge is 0.277 e. The second-order valence-electron chi connectivity index (χ2n) is 4.66. The summed E-state index contributed by atoms with van der Waals surface area (Å²) in [4.78, 5) is 3.04. The molecule has 5 nitrogen and oxygen atoms in total. The summed E-state index contributed by atoms with van der Waals surface area (Å²) in [5.74, 6) is 0. The Morgan fingerprint density at radius 3 is 2.83 bits per heavy atom. The summed E-state index contributed by atoms with van der Waals surface area (Å²) in [5, 5.41) is 7.47. The lowest BCUT2D eigenvalue weighted by Crippen LogP contribution is -2.36. The molecule has 1 aliphatic rings. The molecule has 1 aliphatic heterocycles. The molecule has 1 fully saturated rings. The highest BCUT2D eigenvalue weighted by Gasteiger charge is 2.32. The summed E-state index contributed by atoms with van der Waals surface area (Å²) >= 11 is 0. The molecule has 1 atom stereocenters. The number of aromatic amines is 1. The molecule has 1 aromatic carbocycles. The Balaban J connectivity index is 2.03. The normalized spacial score (nSPS) is 21.7. The number of aromatic nitrogens is 1. The molecule has 2 heterocycles. The van der Waals surface area contributed by atoms with Gasteiger partial charge in [0.25, 0.3) is 10.2 Å². The molecule has 0 aliphatic carbocycles. The first-order chi connectivity index (χ1) is 8.55. The van der Waals surface area contributed by atoms with E-state index in [4.69, 9.17) is 5.14 Å². The summed E-state index contributed by atoms with van der Waals surface area (Å²) in [5.41, 5.74) is 1.01. The maximum Gasteiger partial charge on any atom is 0.277 e. The number of fused-ring (bicyclic) bond motifs is 1. The van der Waals surface area contributed by atoms with Crippen LogP contribution in [-0.2, 0) is 10.2 Å². The highest BCUT2D eigenvalue weighted by Crippen LogP contribution is 2.34. The first kappa shape index (κ1) is 11.7. The van der Waals surface area contributed by atoms with Gasteiger partial charge in [-0.25, -0.2) is 5.14 Å². The molecule has 0 spiro atoms. The van der Waals surface area contributed by atoms with Gasteiger partial charge in [0.15, 0.2) is 0 Å². The molecule has 3 rings (SSSR count). The van der Waals surface area contributed by atoms with Crippen LogP contribution in [0.15, 0.2) is 30.6 Å². The third kappa shape index (κ3) is 1.92. The summed E-state index contributed by atoms with van der Waals surface area (Å²) in [6.07, 6.45) is 5.51. The Morgan fingerprint density at radius 2 is 2.06 bits per heavy atom. The van der Waals surface area contributed by atoms with Gasteiger partial charge in [0, 0.05) is 18.9 Å². The molecule has 0 radical (unpaired) electrons. The van der Waals surface area contributed by atoms with E-state index in [0.717, 1.165) is 29.2 Å². The maximum absolute atomic E-state index is 11.5.